The molecule has 1 heterocycles. The van der Waals surface area contributed by atoms with Crippen molar-refractivity contribution in [1.29, 1.82) is 0 Å². The SMILES string of the molecule is Cc1ccccc1NC(=O)C(C)Sc1nc(-c2ccc(F)cc2)cn1Cc1ccccc1F. The van der Waals surface area contributed by atoms with Crippen molar-refractivity contribution >= 4 is 23.4 Å². The molecule has 0 aliphatic heterocycles. The molecular weight excluding hydrogens is 440 g/mol. The zero-order chi connectivity index (χ0) is 23.4. The Balaban J connectivity index is 1.60. The quantitative estimate of drug-likeness (QED) is 0.327. The van der Waals surface area contributed by atoms with E-state index < -0.39 is 5.25 Å². The Morgan fingerprint density at radius 3 is 2.45 bits per heavy atom. The lowest BCUT2D eigenvalue weighted by molar-refractivity contribution is -0.115. The van der Waals surface area contributed by atoms with Crippen LogP contribution in [0.15, 0.2) is 84.1 Å². The number of aryl methyl sites for hydroxylation is 1. The number of nitrogens with zero attached hydrogens (tertiary/aromatic N) is 2. The fourth-order valence-electron chi connectivity index (χ4n) is 3.34. The van der Waals surface area contributed by atoms with E-state index >= 15 is 0 Å². The van der Waals surface area contributed by atoms with Gasteiger partial charge >= 0.3 is 0 Å². The number of thioether (sulfide) groups is 1. The van der Waals surface area contributed by atoms with Crippen LogP contribution in [0.1, 0.15) is 18.1 Å². The summed E-state index contributed by atoms with van der Waals surface area (Å²) in [4.78, 5) is 17.5. The molecule has 0 bridgehead atoms. The number of carbonyl (C=O) groups is 1. The minimum absolute atomic E-state index is 0.155. The van der Waals surface area contributed by atoms with Gasteiger partial charge in [0.25, 0.3) is 0 Å². The van der Waals surface area contributed by atoms with Gasteiger partial charge in [-0.1, -0.05) is 48.2 Å². The molecule has 0 saturated carbocycles. The Kier molecular flexibility index (Phi) is 6.89. The predicted molar refractivity (Wildman–Crippen MR) is 128 cm³/mol. The standard InChI is InChI=1S/C26H23F2N3OS/c1-17-7-3-6-10-23(17)29-25(32)18(2)33-26-30-24(19-11-13-21(27)14-12-19)16-31(26)15-20-8-4-5-9-22(20)28/h3-14,16,18H,15H2,1-2H3,(H,29,32). The number of amides is 1. The Hall–Kier alpha value is -3.45. The smallest absolute Gasteiger partial charge is 0.237 e. The normalized spacial score (nSPS) is 11.9. The van der Waals surface area contributed by atoms with Crippen LogP contribution in [0.5, 0.6) is 0 Å². The molecule has 4 nitrogen and oxygen atoms in total. The molecule has 0 saturated heterocycles. The molecule has 0 aliphatic rings. The lowest BCUT2D eigenvalue weighted by atomic mass is 10.2. The van der Waals surface area contributed by atoms with Crippen molar-refractivity contribution in [1.82, 2.24) is 9.55 Å². The van der Waals surface area contributed by atoms with Crippen molar-refractivity contribution in [2.45, 2.75) is 30.8 Å². The number of aromatic nitrogens is 2. The third-order valence-corrected chi connectivity index (χ3v) is 6.34. The van der Waals surface area contributed by atoms with Gasteiger partial charge in [0.2, 0.25) is 5.91 Å². The molecule has 4 aromatic rings. The fraction of sp³-hybridized carbons (Fsp3) is 0.154. The summed E-state index contributed by atoms with van der Waals surface area (Å²) in [5, 5.41) is 3.08. The van der Waals surface area contributed by atoms with Crippen LogP contribution in [0.25, 0.3) is 11.3 Å². The van der Waals surface area contributed by atoms with E-state index in [1.54, 1.807) is 43.5 Å². The van der Waals surface area contributed by atoms with E-state index in [0.29, 0.717) is 16.4 Å². The topological polar surface area (TPSA) is 46.9 Å². The van der Waals surface area contributed by atoms with Crippen molar-refractivity contribution in [3.63, 3.8) is 0 Å². The maximum absolute atomic E-state index is 14.3. The molecule has 1 unspecified atom stereocenters. The second-order valence-electron chi connectivity index (χ2n) is 7.70. The van der Waals surface area contributed by atoms with Gasteiger partial charge in [-0.25, -0.2) is 13.8 Å². The third kappa shape index (κ3) is 5.49. The highest BCUT2D eigenvalue weighted by Crippen LogP contribution is 2.29. The van der Waals surface area contributed by atoms with Gasteiger partial charge in [0.05, 0.1) is 17.5 Å². The molecule has 33 heavy (non-hydrogen) atoms. The molecule has 168 valence electrons. The molecule has 0 fully saturated rings. The minimum Gasteiger partial charge on any atom is -0.325 e. The van der Waals surface area contributed by atoms with Gasteiger partial charge in [-0.2, -0.15) is 0 Å². The minimum atomic E-state index is -0.451. The first kappa shape index (κ1) is 22.7. The molecule has 4 rings (SSSR count). The van der Waals surface area contributed by atoms with Crippen molar-refractivity contribution < 1.29 is 13.6 Å². The van der Waals surface area contributed by atoms with Gasteiger partial charge in [0.1, 0.15) is 11.6 Å². The molecule has 1 amide bonds. The van der Waals surface area contributed by atoms with Gasteiger partial charge in [0, 0.05) is 23.0 Å². The zero-order valence-corrected chi connectivity index (χ0v) is 19.1. The number of para-hydroxylation sites is 1. The fourth-order valence-corrected chi connectivity index (χ4v) is 4.22. The third-order valence-electron chi connectivity index (χ3n) is 5.23. The van der Waals surface area contributed by atoms with Gasteiger partial charge in [-0.15, -0.1) is 0 Å². The predicted octanol–water partition coefficient (Wildman–Crippen LogP) is 6.30. The molecule has 1 N–H and O–H groups in total. The van der Waals surface area contributed by atoms with Crippen LogP contribution < -0.4 is 5.32 Å². The van der Waals surface area contributed by atoms with E-state index in [9.17, 15) is 13.6 Å². The number of carbonyl (C=O) groups excluding carboxylic acids is 1. The van der Waals surface area contributed by atoms with Crippen LogP contribution in [0, 0.1) is 18.6 Å². The molecular formula is C26H23F2N3OS. The summed E-state index contributed by atoms with van der Waals surface area (Å²) in [6, 6.07) is 20.2. The van der Waals surface area contributed by atoms with Crippen LogP contribution in [0.2, 0.25) is 0 Å². The van der Waals surface area contributed by atoms with Crippen molar-refractivity contribution in [2.75, 3.05) is 5.32 Å². The average molecular weight is 464 g/mol. The average Bonchev–Trinajstić information content (AvgIpc) is 3.19. The Morgan fingerprint density at radius 1 is 1.03 bits per heavy atom. The molecule has 1 aromatic heterocycles. The highest BCUT2D eigenvalue weighted by atomic mass is 32.2. The van der Waals surface area contributed by atoms with Crippen molar-refractivity contribution in [2.24, 2.45) is 0 Å². The van der Waals surface area contributed by atoms with Crippen LogP contribution in [-0.2, 0) is 11.3 Å². The molecule has 0 spiro atoms. The summed E-state index contributed by atoms with van der Waals surface area (Å²) in [5.74, 6) is -0.797. The second-order valence-corrected chi connectivity index (χ2v) is 9.01. The summed E-state index contributed by atoms with van der Waals surface area (Å²) in [7, 11) is 0. The molecule has 0 radical (unpaired) electrons. The Labute approximate surface area is 195 Å². The molecule has 0 aliphatic carbocycles. The number of nitrogens with one attached hydrogen (secondary N) is 1. The van der Waals surface area contributed by atoms with Crippen LogP contribution in [0.3, 0.4) is 0 Å². The Bertz CT molecular complexity index is 1270. The molecule has 3 aromatic carbocycles. The first-order valence-electron chi connectivity index (χ1n) is 10.5. The number of hydrogen-bond donors (Lipinski definition) is 1. The summed E-state index contributed by atoms with van der Waals surface area (Å²) >= 11 is 1.29. The van der Waals surface area contributed by atoms with Crippen LogP contribution >= 0.6 is 11.8 Å². The summed E-state index contributed by atoms with van der Waals surface area (Å²) in [6.07, 6.45) is 1.80. The van der Waals surface area contributed by atoms with Gasteiger partial charge in [-0.3, -0.25) is 4.79 Å². The molecule has 1 atom stereocenters. The Morgan fingerprint density at radius 2 is 1.73 bits per heavy atom. The highest BCUT2D eigenvalue weighted by molar-refractivity contribution is 8.00. The zero-order valence-electron chi connectivity index (χ0n) is 18.3. The van der Waals surface area contributed by atoms with Crippen LogP contribution in [-0.4, -0.2) is 20.7 Å². The van der Waals surface area contributed by atoms with E-state index in [4.69, 9.17) is 0 Å². The second kappa shape index (κ2) is 10.0. The van der Waals surface area contributed by atoms with Crippen LogP contribution in [0.4, 0.5) is 14.5 Å². The summed E-state index contributed by atoms with van der Waals surface area (Å²) in [5.41, 5.74) is 3.61. The van der Waals surface area contributed by atoms with E-state index in [0.717, 1.165) is 16.8 Å². The van der Waals surface area contributed by atoms with E-state index in [1.807, 2.05) is 35.8 Å². The number of hydrogen-bond acceptors (Lipinski definition) is 3. The first-order valence-corrected chi connectivity index (χ1v) is 11.4. The number of imidazole rings is 1. The number of halogens is 2. The van der Waals surface area contributed by atoms with Gasteiger partial charge in [-0.05, 0) is 55.8 Å². The van der Waals surface area contributed by atoms with E-state index in [2.05, 4.69) is 10.3 Å². The number of rotatable bonds is 7. The summed E-state index contributed by atoms with van der Waals surface area (Å²) < 4.78 is 29.5. The van der Waals surface area contributed by atoms with E-state index in [-0.39, 0.29) is 24.1 Å². The summed E-state index contributed by atoms with van der Waals surface area (Å²) in [6.45, 7) is 4.00. The maximum atomic E-state index is 14.3. The van der Waals surface area contributed by atoms with E-state index in [1.165, 1.54) is 30.0 Å². The maximum Gasteiger partial charge on any atom is 0.237 e. The van der Waals surface area contributed by atoms with Gasteiger partial charge in [0.15, 0.2) is 5.16 Å². The number of anilines is 1. The monoisotopic (exact) mass is 463 g/mol. The lowest BCUT2D eigenvalue weighted by Crippen LogP contribution is -2.23. The van der Waals surface area contributed by atoms with Crippen molar-refractivity contribution in [3.05, 3.63) is 102 Å². The van der Waals surface area contributed by atoms with Crippen molar-refractivity contribution in [3.8, 4) is 11.3 Å². The first-order chi connectivity index (χ1) is 15.9. The highest BCUT2D eigenvalue weighted by Gasteiger charge is 2.20. The lowest BCUT2D eigenvalue weighted by Gasteiger charge is -2.14. The van der Waals surface area contributed by atoms with Gasteiger partial charge < -0.3 is 9.88 Å². The largest absolute Gasteiger partial charge is 0.325 e. The number of benzene rings is 3. The molecule has 7 heteroatoms.